The highest BCUT2D eigenvalue weighted by Gasteiger charge is 2.35. The Labute approximate surface area is 104 Å². The van der Waals surface area contributed by atoms with Crippen LogP contribution in [0, 0.1) is 5.82 Å². The SMILES string of the molecule is O=C(Nc1cn[nH]c1)c1cccc(C(F)(F)F)c1F. The minimum atomic E-state index is -4.85. The molecule has 0 aliphatic rings. The lowest BCUT2D eigenvalue weighted by atomic mass is 10.1. The van der Waals surface area contributed by atoms with E-state index in [4.69, 9.17) is 0 Å². The van der Waals surface area contributed by atoms with E-state index in [1.165, 1.54) is 12.4 Å². The van der Waals surface area contributed by atoms with Crippen molar-refractivity contribution >= 4 is 11.6 Å². The molecule has 100 valence electrons. The van der Waals surface area contributed by atoms with Gasteiger partial charge in [-0.3, -0.25) is 9.89 Å². The zero-order valence-electron chi connectivity index (χ0n) is 9.25. The van der Waals surface area contributed by atoms with E-state index in [0.29, 0.717) is 6.07 Å². The third-order valence-corrected chi connectivity index (χ3v) is 2.30. The van der Waals surface area contributed by atoms with E-state index >= 15 is 0 Å². The van der Waals surface area contributed by atoms with Crippen LogP contribution in [0.3, 0.4) is 0 Å². The summed E-state index contributed by atoms with van der Waals surface area (Å²) >= 11 is 0. The molecule has 8 heteroatoms. The van der Waals surface area contributed by atoms with Crippen LogP contribution in [0.15, 0.2) is 30.6 Å². The van der Waals surface area contributed by atoms with Crippen LogP contribution in [-0.4, -0.2) is 16.1 Å². The number of anilines is 1. The number of alkyl halides is 3. The average Bonchev–Trinajstić information content (AvgIpc) is 2.80. The summed E-state index contributed by atoms with van der Waals surface area (Å²) in [5, 5.41) is 8.15. The number of carbonyl (C=O) groups is 1. The maximum atomic E-state index is 13.6. The summed E-state index contributed by atoms with van der Waals surface area (Å²) in [5.41, 5.74) is -1.94. The van der Waals surface area contributed by atoms with E-state index in [1.54, 1.807) is 0 Å². The number of benzene rings is 1. The topological polar surface area (TPSA) is 57.8 Å². The van der Waals surface area contributed by atoms with Crippen molar-refractivity contribution in [3.8, 4) is 0 Å². The highest BCUT2D eigenvalue weighted by Crippen LogP contribution is 2.32. The normalized spacial score (nSPS) is 11.4. The standard InChI is InChI=1S/C11H7F4N3O/c12-9-7(2-1-3-8(9)11(13,14)15)10(19)18-6-4-16-17-5-6/h1-5H,(H,16,17)(H,18,19). The number of nitrogens with one attached hydrogen (secondary N) is 2. The molecule has 2 rings (SSSR count). The number of hydrogen-bond donors (Lipinski definition) is 2. The molecule has 0 spiro atoms. The number of halogens is 4. The highest BCUT2D eigenvalue weighted by atomic mass is 19.4. The monoisotopic (exact) mass is 273 g/mol. The van der Waals surface area contributed by atoms with Gasteiger partial charge in [0.1, 0.15) is 5.82 Å². The summed E-state index contributed by atoms with van der Waals surface area (Å²) in [6.07, 6.45) is -2.30. The van der Waals surface area contributed by atoms with Crippen molar-refractivity contribution in [3.63, 3.8) is 0 Å². The lowest BCUT2D eigenvalue weighted by molar-refractivity contribution is -0.140. The van der Waals surface area contributed by atoms with Gasteiger partial charge in [0, 0.05) is 6.20 Å². The second-order valence-corrected chi connectivity index (χ2v) is 3.61. The van der Waals surface area contributed by atoms with E-state index in [9.17, 15) is 22.4 Å². The molecule has 0 saturated heterocycles. The molecule has 0 saturated carbocycles. The molecular weight excluding hydrogens is 266 g/mol. The summed E-state index contributed by atoms with van der Waals surface area (Å²) in [6.45, 7) is 0. The van der Waals surface area contributed by atoms with Gasteiger partial charge in [-0.05, 0) is 12.1 Å². The number of hydrogen-bond acceptors (Lipinski definition) is 2. The number of aromatic nitrogens is 2. The Hall–Kier alpha value is -2.38. The van der Waals surface area contributed by atoms with Gasteiger partial charge in [0.2, 0.25) is 0 Å². The third-order valence-electron chi connectivity index (χ3n) is 2.30. The van der Waals surface area contributed by atoms with Crippen molar-refractivity contribution in [2.75, 3.05) is 5.32 Å². The van der Waals surface area contributed by atoms with Crippen molar-refractivity contribution < 1.29 is 22.4 Å². The van der Waals surface area contributed by atoms with Gasteiger partial charge in [0.05, 0.1) is 23.0 Å². The Morgan fingerprint density at radius 2 is 2.05 bits per heavy atom. The van der Waals surface area contributed by atoms with Crippen LogP contribution >= 0.6 is 0 Å². The number of H-pyrrole nitrogens is 1. The van der Waals surface area contributed by atoms with E-state index < -0.39 is 29.0 Å². The van der Waals surface area contributed by atoms with Gasteiger partial charge >= 0.3 is 6.18 Å². The predicted octanol–water partition coefficient (Wildman–Crippen LogP) is 2.82. The number of nitrogens with zero attached hydrogens (tertiary/aromatic N) is 1. The zero-order valence-corrected chi connectivity index (χ0v) is 9.25. The van der Waals surface area contributed by atoms with Crippen LogP contribution in [0.1, 0.15) is 15.9 Å². The molecule has 1 heterocycles. The molecule has 0 aliphatic heterocycles. The van der Waals surface area contributed by atoms with E-state index in [0.717, 1.165) is 12.1 Å². The summed E-state index contributed by atoms with van der Waals surface area (Å²) in [4.78, 5) is 11.7. The smallest absolute Gasteiger partial charge is 0.319 e. The molecule has 0 radical (unpaired) electrons. The van der Waals surface area contributed by atoms with Crippen molar-refractivity contribution in [2.24, 2.45) is 0 Å². The largest absolute Gasteiger partial charge is 0.419 e. The molecule has 0 unspecified atom stereocenters. The molecule has 19 heavy (non-hydrogen) atoms. The fourth-order valence-electron chi connectivity index (χ4n) is 1.44. The van der Waals surface area contributed by atoms with Gasteiger partial charge in [0.25, 0.3) is 5.91 Å². The van der Waals surface area contributed by atoms with Crippen LogP contribution in [-0.2, 0) is 6.18 Å². The molecule has 0 atom stereocenters. The second kappa shape index (κ2) is 4.71. The first-order chi connectivity index (χ1) is 8.89. The van der Waals surface area contributed by atoms with Crippen LogP contribution in [0.5, 0.6) is 0 Å². The van der Waals surface area contributed by atoms with Crippen LogP contribution < -0.4 is 5.32 Å². The van der Waals surface area contributed by atoms with E-state index in [1.807, 2.05) is 0 Å². The maximum Gasteiger partial charge on any atom is 0.419 e. The lowest BCUT2D eigenvalue weighted by Crippen LogP contribution is -2.17. The van der Waals surface area contributed by atoms with Crippen LogP contribution in [0.2, 0.25) is 0 Å². The summed E-state index contributed by atoms with van der Waals surface area (Å²) in [5.74, 6) is -2.58. The molecule has 2 N–H and O–H groups in total. The van der Waals surface area contributed by atoms with E-state index in [2.05, 4.69) is 15.5 Å². The molecule has 2 aromatic rings. The van der Waals surface area contributed by atoms with Crippen molar-refractivity contribution in [1.82, 2.24) is 10.2 Å². The Morgan fingerprint density at radius 3 is 2.63 bits per heavy atom. The number of aromatic amines is 1. The highest BCUT2D eigenvalue weighted by molar-refractivity contribution is 6.04. The molecular formula is C11H7F4N3O. The quantitative estimate of drug-likeness (QED) is 0.826. The molecule has 0 fully saturated rings. The molecule has 1 aromatic carbocycles. The van der Waals surface area contributed by atoms with Gasteiger partial charge in [-0.2, -0.15) is 18.3 Å². The van der Waals surface area contributed by atoms with Gasteiger partial charge in [-0.25, -0.2) is 4.39 Å². The second-order valence-electron chi connectivity index (χ2n) is 3.61. The first-order valence-corrected chi connectivity index (χ1v) is 5.05. The van der Waals surface area contributed by atoms with Crippen molar-refractivity contribution in [2.45, 2.75) is 6.18 Å². The molecule has 0 aliphatic carbocycles. The lowest BCUT2D eigenvalue weighted by Gasteiger charge is -2.10. The van der Waals surface area contributed by atoms with Gasteiger partial charge in [-0.1, -0.05) is 6.07 Å². The van der Waals surface area contributed by atoms with Gasteiger partial charge in [0.15, 0.2) is 0 Å². The first kappa shape index (κ1) is 13.1. The minimum absolute atomic E-state index is 0.224. The van der Waals surface area contributed by atoms with Crippen molar-refractivity contribution in [3.05, 3.63) is 47.5 Å². The number of rotatable bonds is 2. The van der Waals surface area contributed by atoms with Gasteiger partial charge < -0.3 is 5.32 Å². The number of carbonyl (C=O) groups excluding carboxylic acids is 1. The maximum absolute atomic E-state index is 13.6. The summed E-state index contributed by atoms with van der Waals surface area (Å²) in [7, 11) is 0. The fraction of sp³-hybridized carbons (Fsp3) is 0.0909. The Bertz CT molecular complexity index is 592. The minimum Gasteiger partial charge on any atom is -0.319 e. The number of amides is 1. The third kappa shape index (κ3) is 2.72. The first-order valence-electron chi connectivity index (χ1n) is 5.05. The van der Waals surface area contributed by atoms with Crippen molar-refractivity contribution in [1.29, 1.82) is 0 Å². The Balaban J connectivity index is 2.33. The van der Waals surface area contributed by atoms with Crippen LogP contribution in [0.25, 0.3) is 0 Å². The van der Waals surface area contributed by atoms with Gasteiger partial charge in [-0.15, -0.1) is 0 Å². The van der Waals surface area contributed by atoms with Crippen LogP contribution in [0.4, 0.5) is 23.2 Å². The average molecular weight is 273 g/mol. The summed E-state index contributed by atoms with van der Waals surface area (Å²) in [6, 6.07) is 2.51. The Kier molecular flexibility index (Phi) is 3.24. The molecule has 4 nitrogen and oxygen atoms in total. The predicted molar refractivity (Wildman–Crippen MR) is 57.9 cm³/mol. The fourth-order valence-corrected chi connectivity index (χ4v) is 1.44. The summed E-state index contributed by atoms with van der Waals surface area (Å²) < 4.78 is 51.1. The molecule has 1 amide bonds. The molecule has 1 aromatic heterocycles. The zero-order chi connectivity index (χ0) is 14.0. The Morgan fingerprint density at radius 1 is 1.32 bits per heavy atom. The molecule has 0 bridgehead atoms. The van der Waals surface area contributed by atoms with E-state index in [-0.39, 0.29) is 5.69 Å².